The molecule has 0 atom stereocenters. The number of aliphatic hydroxyl groups is 1. The molecule has 5 nitrogen and oxygen atoms in total. The van der Waals surface area contributed by atoms with Crippen LogP contribution in [0.15, 0.2) is 59.3 Å². The third kappa shape index (κ3) is 3.12. The molecule has 106 valence electrons. The Balaban J connectivity index is 1.87. The van der Waals surface area contributed by atoms with Crippen LogP contribution in [0.3, 0.4) is 0 Å². The number of halogens is 1. The Hall–Kier alpha value is -2.18. The smallest absolute Gasteiger partial charge is 0.341 e. The Kier molecular flexibility index (Phi) is 3.98. The topological polar surface area (TPSA) is 60.2 Å². The SMILES string of the molecule is OCc1ccc(Br)cc1Oc1ncn(-c2ccccc2)n1. The van der Waals surface area contributed by atoms with Crippen molar-refractivity contribution < 1.29 is 9.84 Å². The third-order valence-electron chi connectivity index (χ3n) is 2.89. The van der Waals surface area contributed by atoms with Gasteiger partial charge in [0.2, 0.25) is 0 Å². The summed E-state index contributed by atoms with van der Waals surface area (Å²) in [5.41, 5.74) is 1.57. The van der Waals surface area contributed by atoms with Gasteiger partial charge in [0.15, 0.2) is 0 Å². The Bertz CT molecular complexity index is 744. The number of nitrogens with zero attached hydrogens (tertiary/aromatic N) is 3. The van der Waals surface area contributed by atoms with E-state index in [1.807, 2.05) is 36.4 Å². The molecule has 0 fully saturated rings. The fourth-order valence-corrected chi connectivity index (χ4v) is 2.19. The molecule has 0 saturated carbocycles. The van der Waals surface area contributed by atoms with E-state index in [4.69, 9.17) is 4.74 Å². The minimum absolute atomic E-state index is 0.109. The monoisotopic (exact) mass is 345 g/mol. The molecule has 0 aliphatic heterocycles. The van der Waals surface area contributed by atoms with Gasteiger partial charge < -0.3 is 9.84 Å². The Morgan fingerprint density at radius 3 is 2.71 bits per heavy atom. The summed E-state index contributed by atoms with van der Waals surface area (Å²) in [7, 11) is 0. The fraction of sp³-hybridized carbons (Fsp3) is 0.0667. The molecular formula is C15H12BrN3O2. The molecule has 3 aromatic rings. The summed E-state index contributed by atoms with van der Waals surface area (Å²) in [6.07, 6.45) is 1.58. The molecule has 0 unspecified atom stereocenters. The van der Waals surface area contributed by atoms with Crippen LogP contribution in [0, 0.1) is 0 Å². The molecule has 0 aliphatic carbocycles. The molecule has 6 heteroatoms. The zero-order chi connectivity index (χ0) is 14.7. The lowest BCUT2D eigenvalue weighted by Crippen LogP contribution is -1.96. The van der Waals surface area contributed by atoms with Crippen molar-refractivity contribution in [3.8, 4) is 17.4 Å². The predicted octanol–water partition coefficient (Wildman–Crippen LogP) is 3.31. The molecule has 3 rings (SSSR count). The lowest BCUT2D eigenvalue weighted by molar-refractivity contribution is 0.275. The normalized spacial score (nSPS) is 10.6. The van der Waals surface area contributed by atoms with Crippen LogP contribution in [0.1, 0.15) is 5.56 Å². The average molecular weight is 346 g/mol. The molecule has 0 amide bonds. The van der Waals surface area contributed by atoms with Gasteiger partial charge in [0.05, 0.1) is 12.3 Å². The second kappa shape index (κ2) is 6.07. The molecule has 0 aliphatic rings. The summed E-state index contributed by atoms with van der Waals surface area (Å²) in [5, 5.41) is 13.6. The first kappa shape index (κ1) is 13.8. The molecule has 0 spiro atoms. The fourth-order valence-electron chi connectivity index (χ4n) is 1.85. The number of aliphatic hydroxyl groups excluding tert-OH is 1. The highest BCUT2D eigenvalue weighted by Gasteiger charge is 2.09. The lowest BCUT2D eigenvalue weighted by atomic mass is 10.2. The Morgan fingerprint density at radius 2 is 1.95 bits per heavy atom. The standard InChI is InChI=1S/C15H12BrN3O2/c16-12-7-6-11(9-20)14(8-12)21-15-17-10-19(18-15)13-4-2-1-3-5-13/h1-8,10,20H,9H2. The van der Waals surface area contributed by atoms with Crippen LogP contribution >= 0.6 is 15.9 Å². The number of aromatic nitrogens is 3. The minimum Gasteiger partial charge on any atom is -0.423 e. The molecular weight excluding hydrogens is 334 g/mol. The van der Waals surface area contributed by atoms with Gasteiger partial charge in [-0.3, -0.25) is 0 Å². The predicted molar refractivity (Wildman–Crippen MR) is 81.5 cm³/mol. The maximum atomic E-state index is 9.33. The van der Waals surface area contributed by atoms with E-state index in [1.54, 1.807) is 23.1 Å². The molecule has 0 bridgehead atoms. The summed E-state index contributed by atoms with van der Waals surface area (Å²) in [4.78, 5) is 4.13. The Morgan fingerprint density at radius 1 is 1.14 bits per heavy atom. The summed E-state index contributed by atoms with van der Waals surface area (Å²) in [6.45, 7) is -0.109. The molecule has 0 radical (unpaired) electrons. The highest BCUT2D eigenvalue weighted by Crippen LogP contribution is 2.27. The zero-order valence-corrected chi connectivity index (χ0v) is 12.6. The van der Waals surface area contributed by atoms with Crippen molar-refractivity contribution in [1.82, 2.24) is 14.8 Å². The van der Waals surface area contributed by atoms with E-state index in [9.17, 15) is 5.11 Å². The molecule has 2 aromatic carbocycles. The molecule has 1 N–H and O–H groups in total. The van der Waals surface area contributed by atoms with E-state index in [0.717, 1.165) is 10.2 Å². The van der Waals surface area contributed by atoms with Gasteiger partial charge in [-0.1, -0.05) is 40.2 Å². The van der Waals surface area contributed by atoms with Crippen LogP contribution in [-0.2, 0) is 6.61 Å². The quantitative estimate of drug-likeness (QED) is 0.787. The second-order valence-electron chi connectivity index (χ2n) is 4.32. The van der Waals surface area contributed by atoms with E-state index in [0.29, 0.717) is 11.3 Å². The van der Waals surface area contributed by atoms with Crippen molar-refractivity contribution in [2.75, 3.05) is 0 Å². The number of para-hydroxylation sites is 1. The van der Waals surface area contributed by atoms with Crippen LogP contribution in [-0.4, -0.2) is 19.9 Å². The first-order valence-corrected chi connectivity index (χ1v) is 7.10. The van der Waals surface area contributed by atoms with Gasteiger partial charge in [-0.25, -0.2) is 4.68 Å². The highest BCUT2D eigenvalue weighted by molar-refractivity contribution is 9.10. The minimum atomic E-state index is -0.109. The summed E-state index contributed by atoms with van der Waals surface area (Å²) in [5.74, 6) is 0.526. The van der Waals surface area contributed by atoms with Crippen molar-refractivity contribution in [3.63, 3.8) is 0 Å². The van der Waals surface area contributed by atoms with Crippen molar-refractivity contribution >= 4 is 15.9 Å². The van der Waals surface area contributed by atoms with E-state index in [2.05, 4.69) is 26.0 Å². The first-order valence-electron chi connectivity index (χ1n) is 6.30. The number of hydrogen-bond donors (Lipinski definition) is 1. The molecule has 1 aromatic heterocycles. The van der Waals surface area contributed by atoms with Crippen molar-refractivity contribution in [3.05, 3.63) is 64.9 Å². The van der Waals surface area contributed by atoms with Crippen molar-refractivity contribution in [1.29, 1.82) is 0 Å². The van der Waals surface area contributed by atoms with Crippen LogP contribution in [0.5, 0.6) is 11.8 Å². The van der Waals surface area contributed by atoms with Gasteiger partial charge in [0, 0.05) is 10.0 Å². The molecule has 0 saturated heterocycles. The molecule has 1 heterocycles. The van der Waals surface area contributed by atoms with Gasteiger partial charge in [-0.15, -0.1) is 5.10 Å². The number of hydrogen-bond acceptors (Lipinski definition) is 4. The number of benzene rings is 2. The van der Waals surface area contributed by atoms with Gasteiger partial charge in [-0.05, 0) is 24.3 Å². The Labute approximate surface area is 130 Å². The largest absolute Gasteiger partial charge is 0.423 e. The number of rotatable bonds is 4. The van der Waals surface area contributed by atoms with Crippen molar-refractivity contribution in [2.24, 2.45) is 0 Å². The van der Waals surface area contributed by atoms with Gasteiger partial charge in [0.1, 0.15) is 12.1 Å². The summed E-state index contributed by atoms with van der Waals surface area (Å²) < 4.78 is 8.14. The third-order valence-corrected chi connectivity index (χ3v) is 3.39. The van der Waals surface area contributed by atoms with Crippen LogP contribution in [0.4, 0.5) is 0 Å². The van der Waals surface area contributed by atoms with Crippen LogP contribution < -0.4 is 4.74 Å². The van der Waals surface area contributed by atoms with E-state index < -0.39 is 0 Å². The summed E-state index contributed by atoms with van der Waals surface area (Å²) >= 11 is 3.37. The van der Waals surface area contributed by atoms with Gasteiger partial charge in [-0.2, -0.15) is 4.98 Å². The van der Waals surface area contributed by atoms with Crippen molar-refractivity contribution in [2.45, 2.75) is 6.61 Å². The zero-order valence-electron chi connectivity index (χ0n) is 11.0. The maximum absolute atomic E-state index is 9.33. The van der Waals surface area contributed by atoms with E-state index in [-0.39, 0.29) is 12.6 Å². The average Bonchev–Trinajstić information content (AvgIpc) is 2.97. The molecule has 21 heavy (non-hydrogen) atoms. The summed E-state index contributed by atoms with van der Waals surface area (Å²) in [6, 6.07) is 15.3. The second-order valence-corrected chi connectivity index (χ2v) is 5.24. The van der Waals surface area contributed by atoms with E-state index in [1.165, 1.54) is 0 Å². The van der Waals surface area contributed by atoms with Gasteiger partial charge in [0.25, 0.3) is 0 Å². The number of ether oxygens (including phenoxy) is 1. The van der Waals surface area contributed by atoms with Gasteiger partial charge >= 0.3 is 6.01 Å². The lowest BCUT2D eigenvalue weighted by Gasteiger charge is -2.06. The van der Waals surface area contributed by atoms with E-state index >= 15 is 0 Å². The van der Waals surface area contributed by atoms with Crippen LogP contribution in [0.25, 0.3) is 5.69 Å². The highest BCUT2D eigenvalue weighted by atomic mass is 79.9. The van der Waals surface area contributed by atoms with Crippen LogP contribution in [0.2, 0.25) is 0 Å². The first-order chi connectivity index (χ1) is 10.3. The maximum Gasteiger partial charge on any atom is 0.341 e.